The van der Waals surface area contributed by atoms with E-state index < -0.39 is 36.5 Å². The molecule has 6 nitrogen and oxygen atoms in total. The van der Waals surface area contributed by atoms with Gasteiger partial charge < -0.3 is 25.2 Å². The van der Waals surface area contributed by atoms with Gasteiger partial charge in [0.2, 0.25) is 0 Å². The molecule has 4 N–H and O–H groups in total. The summed E-state index contributed by atoms with van der Waals surface area (Å²) < 4.78 is 5.72. The van der Waals surface area contributed by atoms with Crippen molar-refractivity contribution in [3.8, 4) is 0 Å². The van der Waals surface area contributed by atoms with Gasteiger partial charge in [-0.2, -0.15) is 0 Å². The summed E-state index contributed by atoms with van der Waals surface area (Å²) in [6, 6.07) is 0. The molecule has 0 spiro atoms. The van der Waals surface area contributed by atoms with Crippen molar-refractivity contribution in [2.24, 2.45) is 0 Å². The molecule has 6 heteroatoms. The molecule has 0 unspecified atom stereocenters. The zero-order valence-electron chi connectivity index (χ0n) is 16.6. The lowest BCUT2D eigenvalue weighted by Crippen LogP contribution is -2.25. The van der Waals surface area contributed by atoms with Gasteiger partial charge in [0.15, 0.2) is 0 Å². The Morgan fingerprint density at radius 1 is 1.11 bits per heavy atom. The smallest absolute Gasteiger partial charge is 0.303 e. The molecule has 1 fully saturated rings. The van der Waals surface area contributed by atoms with Crippen LogP contribution in [0, 0.1) is 0 Å². The second-order valence-electron chi connectivity index (χ2n) is 6.92. The molecule has 0 aromatic rings. The van der Waals surface area contributed by atoms with E-state index in [0.29, 0.717) is 32.1 Å². The first-order chi connectivity index (χ1) is 13.4. The summed E-state index contributed by atoms with van der Waals surface area (Å²) in [5, 5.41) is 38.8. The highest BCUT2D eigenvalue weighted by molar-refractivity contribution is 5.66. The van der Waals surface area contributed by atoms with Crippen molar-refractivity contribution in [2.45, 2.75) is 82.4 Å². The van der Waals surface area contributed by atoms with Gasteiger partial charge >= 0.3 is 5.97 Å². The van der Waals surface area contributed by atoms with Gasteiger partial charge in [0.1, 0.15) is 6.10 Å². The number of ether oxygens (including phenoxy) is 1. The van der Waals surface area contributed by atoms with E-state index >= 15 is 0 Å². The van der Waals surface area contributed by atoms with Crippen molar-refractivity contribution in [2.75, 3.05) is 0 Å². The van der Waals surface area contributed by atoms with Crippen molar-refractivity contribution in [3.63, 3.8) is 0 Å². The molecule has 0 bridgehead atoms. The Bertz CT molecular complexity index is 551. The summed E-state index contributed by atoms with van der Waals surface area (Å²) in [5.74, 6) is -0.807. The molecule has 1 rings (SSSR count). The number of aliphatic hydroxyl groups is 3. The number of carboxylic acids is 1. The third-order valence-corrected chi connectivity index (χ3v) is 4.42. The van der Waals surface area contributed by atoms with Crippen LogP contribution in [-0.4, -0.2) is 56.9 Å². The predicted molar refractivity (Wildman–Crippen MR) is 109 cm³/mol. The van der Waals surface area contributed by atoms with E-state index in [1.807, 2.05) is 43.4 Å². The van der Waals surface area contributed by atoms with Crippen LogP contribution in [0.1, 0.15) is 51.9 Å². The number of hydrogen-bond acceptors (Lipinski definition) is 5. The van der Waals surface area contributed by atoms with Gasteiger partial charge in [-0.05, 0) is 32.1 Å². The standard InChI is InChI=1S/C22H34O6/c1-2-3-8-11-17(23)14-15-20-19(25)16-21(28-20)18(24)12-9-6-4-5-7-10-13-22(26)27/h3,5-9,14-15,17-21,23-25H,2,4,10-13,16H2,1H3,(H,26,27)/b7-5-,8-3-,9-6-,15-14+/t17-,18-,19+,20+,21-/m1/s1. The molecule has 1 saturated heterocycles. The average molecular weight is 395 g/mol. The van der Waals surface area contributed by atoms with Crippen molar-refractivity contribution >= 4 is 5.97 Å². The van der Waals surface area contributed by atoms with Crippen molar-refractivity contribution in [3.05, 3.63) is 48.6 Å². The molecule has 1 aliphatic heterocycles. The fourth-order valence-corrected chi connectivity index (χ4v) is 2.84. The van der Waals surface area contributed by atoms with E-state index in [2.05, 4.69) is 0 Å². The minimum Gasteiger partial charge on any atom is -0.481 e. The lowest BCUT2D eigenvalue weighted by molar-refractivity contribution is -0.136. The van der Waals surface area contributed by atoms with Crippen LogP contribution in [0.15, 0.2) is 48.6 Å². The summed E-state index contributed by atoms with van der Waals surface area (Å²) in [6.45, 7) is 2.03. The topological polar surface area (TPSA) is 107 Å². The second kappa shape index (κ2) is 14.3. The zero-order chi connectivity index (χ0) is 20.8. The minimum absolute atomic E-state index is 0.127. The number of carboxylic acid groups (broad SMARTS) is 1. The lowest BCUT2D eigenvalue weighted by atomic mass is 10.0. The van der Waals surface area contributed by atoms with Crippen LogP contribution in [-0.2, 0) is 9.53 Å². The maximum atomic E-state index is 10.4. The highest BCUT2D eigenvalue weighted by Gasteiger charge is 2.35. The largest absolute Gasteiger partial charge is 0.481 e. The fourth-order valence-electron chi connectivity index (χ4n) is 2.84. The van der Waals surface area contributed by atoms with Gasteiger partial charge in [-0.15, -0.1) is 0 Å². The van der Waals surface area contributed by atoms with Crippen molar-refractivity contribution in [1.82, 2.24) is 0 Å². The Morgan fingerprint density at radius 3 is 2.54 bits per heavy atom. The Kier molecular flexibility index (Phi) is 12.4. The first-order valence-electron chi connectivity index (χ1n) is 9.98. The van der Waals surface area contributed by atoms with Crippen LogP contribution >= 0.6 is 0 Å². The fraction of sp³-hybridized carbons (Fsp3) is 0.591. The number of aliphatic hydroxyl groups excluding tert-OH is 3. The molecule has 0 aromatic carbocycles. The van der Waals surface area contributed by atoms with Crippen LogP contribution in [0.3, 0.4) is 0 Å². The van der Waals surface area contributed by atoms with Crippen LogP contribution in [0.4, 0.5) is 0 Å². The first kappa shape index (κ1) is 24.3. The molecule has 5 atom stereocenters. The third-order valence-electron chi connectivity index (χ3n) is 4.42. The first-order valence-corrected chi connectivity index (χ1v) is 9.98. The Balaban J connectivity index is 2.31. The number of hydrogen-bond donors (Lipinski definition) is 4. The highest BCUT2D eigenvalue weighted by atomic mass is 16.5. The summed E-state index contributed by atoms with van der Waals surface area (Å²) in [4.78, 5) is 10.4. The molecule has 1 heterocycles. The molecule has 28 heavy (non-hydrogen) atoms. The highest BCUT2D eigenvalue weighted by Crippen LogP contribution is 2.25. The van der Waals surface area contributed by atoms with Gasteiger partial charge in [-0.3, -0.25) is 4.79 Å². The molecule has 0 aromatic heterocycles. The SMILES string of the molecule is CC/C=C\C[C@@H](O)/C=C/[C@@H]1O[C@@H]([C@H](O)C/C=C\C/C=C\CCC(=O)O)C[C@@H]1O. The Hall–Kier alpha value is -1.73. The van der Waals surface area contributed by atoms with Crippen LogP contribution in [0.5, 0.6) is 0 Å². The number of carbonyl (C=O) groups is 1. The molecule has 0 aliphatic carbocycles. The molecular formula is C22H34O6. The van der Waals surface area contributed by atoms with Gasteiger partial charge in [-0.1, -0.05) is 55.5 Å². The number of rotatable bonds is 13. The molecule has 158 valence electrons. The average Bonchev–Trinajstić information content (AvgIpc) is 3.03. The molecule has 0 radical (unpaired) electrons. The predicted octanol–water partition coefficient (Wildman–Crippen LogP) is 2.90. The maximum absolute atomic E-state index is 10.4. The van der Waals surface area contributed by atoms with E-state index in [0.717, 1.165) is 6.42 Å². The third kappa shape index (κ3) is 10.6. The Labute approximate surface area is 167 Å². The van der Waals surface area contributed by atoms with E-state index in [1.165, 1.54) is 0 Å². The van der Waals surface area contributed by atoms with Gasteiger partial charge in [0.05, 0.1) is 24.4 Å². The molecule has 0 amide bonds. The van der Waals surface area contributed by atoms with E-state index in [4.69, 9.17) is 9.84 Å². The zero-order valence-corrected chi connectivity index (χ0v) is 16.6. The summed E-state index contributed by atoms with van der Waals surface area (Å²) in [5.41, 5.74) is 0. The van der Waals surface area contributed by atoms with Gasteiger partial charge in [0, 0.05) is 12.8 Å². The molecular weight excluding hydrogens is 360 g/mol. The summed E-state index contributed by atoms with van der Waals surface area (Å²) in [6.07, 6.45) is 15.2. The summed E-state index contributed by atoms with van der Waals surface area (Å²) in [7, 11) is 0. The van der Waals surface area contributed by atoms with Crippen LogP contribution in [0.2, 0.25) is 0 Å². The monoisotopic (exact) mass is 394 g/mol. The van der Waals surface area contributed by atoms with E-state index in [-0.39, 0.29) is 6.42 Å². The number of allylic oxidation sites excluding steroid dienone is 4. The van der Waals surface area contributed by atoms with Crippen molar-refractivity contribution < 1.29 is 30.0 Å². The van der Waals surface area contributed by atoms with Crippen LogP contribution < -0.4 is 0 Å². The van der Waals surface area contributed by atoms with Crippen LogP contribution in [0.25, 0.3) is 0 Å². The minimum atomic E-state index is -0.807. The molecule has 1 aliphatic rings. The Morgan fingerprint density at radius 2 is 1.82 bits per heavy atom. The van der Waals surface area contributed by atoms with E-state index in [9.17, 15) is 20.1 Å². The van der Waals surface area contributed by atoms with Gasteiger partial charge in [0.25, 0.3) is 0 Å². The molecule has 0 saturated carbocycles. The van der Waals surface area contributed by atoms with Crippen molar-refractivity contribution in [1.29, 1.82) is 0 Å². The maximum Gasteiger partial charge on any atom is 0.303 e. The quantitative estimate of drug-likeness (QED) is 0.358. The van der Waals surface area contributed by atoms with Gasteiger partial charge in [-0.25, -0.2) is 0 Å². The second-order valence-corrected chi connectivity index (χ2v) is 6.92. The number of aliphatic carboxylic acids is 1. The lowest BCUT2D eigenvalue weighted by Gasteiger charge is -2.16. The van der Waals surface area contributed by atoms with E-state index in [1.54, 1.807) is 12.2 Å². The summed E-state index contributed by atoms with van der Waals surface area (Å²) >= 11 is 0. The normalized spacial score (nSPS) is 25.5.